The third-order valence-corrected chi connectivity index (χ3v) is 5.41. The first-order valence-electron chi connectivity index (χ1n) is 9.98. The van der Waals surface area contributed by atoms with Crippen molar-refractivity contribution >= 4 is 11.6 Å². The molecule has 4 rings (SSSR count). The van der Waals surface area contributed by atoms with Gasteiger partial charge >= 0.3 is 0 Å². The molecule has 0 radical (unpaired) electrons. The summed E-state index contributed by atoms with van der Waals surface area (Å²) in [7, 11) is 0. The largest absolute Gasteiger partial charge is 0.490 e. The summed E-state index contributed by atoms with van der Waals surface area (Å²) in [5, 5.41) is 14.4. The maximum absolute atomic E-state index is 14.7. The number of alkyl halides is 2. The van der Waals surface area contributed by atoms with Crippen LogP contribution in [0.2, 0.25) is 0 Å². The van der Waals surface area contributed by atoms with E-state index in [-0.39, 0.29) is 17.3 Å². The number of aromatic nitrogens is 3. The molecule has 0 saturated carbocycles. The summed E-state index contributed by atoms with van der Waals surface area (Å²) in [6.07, 6.45) is 0.738. The number of pyridine rings is 1. The monoisotopic (exact) mass is 460 g/mol. The van der Waals surface area contributed by atoms with Gasteiger partial charge in [-0.05, 0) is 60.0 Å². The summed E-state index contributed by atoms with van der Waals surface area (Å²) in [4.78, 5) is 4.07. The van der Waals surface area contributed by atoms with E-state index in [9.17, 15) is 22.7 Å². The van der Waals surface area contributed by atoms with E-state index in [0.29, 0.717) is 16.8 Å². The molecule has 172 valence electrons. The van der Waals surface area contributed by atoms with E-state index < -0.39 is 36.2 Å². The lowest BCUT2D eigenvalue weighted by atomic mass is 9.87. The first-order chi connectivity index (χ1) is 15.6. The van der Waals surface area contributed by atoms with Gasteiger partial charge in [-0.25, -0.2) is 22.1 Å². The lowest BCUT2D eigenvalue weighted by Crippen LogP contribution is -2.43. The van der Waals surface area contributed by atoms with Crippen LogP contribution in [0.5, 0.6) is 5.75 Å². The molecule has 0 aliphatic heterocycles. The number of ether oxygens (including phenoxy) is 1. The molecule has 6 nitrogen and oxygen atoms in total. The van der Waals surface area contributed by atoms with Crippen molar-refractivity contribution in [2.45, 2.75) is 24.9 Å². The number of aliphatic hydroxyl groups is 1. The number of benzene rings is 2. The number of halogens is 4. The van der Waals surface area contributed by atoms with E-state index >= 15 is 0 Å². The van der Waals surface area contributed by atoms with Gasteiger partial charge in [-0.3, -0.25) is 0 Å². The van der Waals surface area contributed by atoms with Crippen LogP contribution in [0.15, 0.2) is 60.8 Å². The minimum absolute atomic E-state index is 0.104. The molecule has 2 aromatic heterocycles. The zero-order valence-corrected chi connectivity index (χ0v) is 17.5. The molecular weight excluding hydrogens is 440 g/mol. The van der Waals surface area contributed by atoms with Gasteiger partial charge in [-0.2, -0.15) is 4.98 Å². The number of nitrogen functional groups attached to an aromatic ring is 1. The molecule has 1 unspecified atom stereocenters. The second-order valence-corrected chi connectivity index (χ2v) is 7.72. The molecule has 0 amide bonds. The number of nitrogens with two attached hydrogens (primary N) is 1. The van der Waals surface area contributed by atoms with Crippen LogP contribution >= 0.6 is 0 Å². The molecule has 2 aromatic carbocycles. The number of hydrogen-bond acceptors (Lipinski definition) is 5. The molecule has 10 heteroatoms. The van der Waals surface area contributed by atoms with Gasteiger partial charge in [0.05, 0.1) is 6.61 Å². The Morgan fingerprint density at radius 2 is 1.73 bits per heavy atom. The van der Waals surface area contributed by atoms with E-state index in [1.807, 2.05) is 0 Å². The summed E-state index contributed by atoms with van der Waals surface area (Å²) >= 11 is 0. The van der Waals surface area contributed by atoms with E-state index in [1.165, 1.54) is 22.7 Å². The standard InChI is InChI=1S/C23H20F4N4O2/c1-22(32,16-3-5-17(24)6-4-16)23(26,27)9-11-33-19-12-14(2-7-18(19)25)15-8-10-31-20(13-15)29-21(28)30-31/h2-8,10,12-13,32H,9,11H2,1H3,(H2,28,30). The van der Waals surface area contributed by atoms with Crippen LogP contribution in [0, 0.1) is 11.6 Å². The van der Waals surface area contributed by atoms with Crippen molar-refractivity contribution in [3.8, 4) is 16.9 Å². The van der Waals surface area contributed by atoms with Gasteiger partial charge in [0.1, 0.15) is 5.82 Å². The number of hydrogen-bond donors (Lipinski definition) is 2. The molecule has 0 bridgehead atoms. The van der Waals surface area contributed by atoms with Crippen molar-refractivity contribution in [2.24, 2.45) is 0 Å². The quantitative estimate of drug-likeness (QED) is 0.395. The van der Waals surface area contributed by atoms with E-state index in [1.54, 1.807) is 18.3 Å². The lowest BCUT2D eigenvalue weighted by molar-refractivity contribution is -0.184. The van der Waals surface area contributed by atoms with Gasteiger partial charge in [-0.1, -0.05) is 18.2 Å². The Kier molecular flexibility index (Phi) is 5.71. The average molecular weight is 460 g/mol. The average Bonchev–Trinajstić information content (AvgIpc) is 3.14. The number of nitrogens with zero attached hydrogens (tertiary/aromatic N) is 3. The predicted molar refractivity (Wildman–Crippen MR) is 114 cm³/mol. The maximum atomic E-state index is 14.7. The molecule has 1 atom stereocenters. The van der Waals surface area contributed by atoms with Crippen LogP contribution in [-0.2, 0) is 5.60 Å². The van der Waals surface area contributed by atoms with Crippen molar-refractivity contribution in [3.05, 3.63) is 78.0 Å². The van der Waals surface area contributed by atoms with Crippen molar-refractivity contribution in [1.82, 2.24) is 14.6 Å². The Bertz CT molecular complexity index is 1290. The highest BCUT2D eigenvalue weighted by atomic mass is 19.3. The molecular formula is C23H20F4N4O2. The minimum Gasteiger partial charge on any atom is -0.490 e. The summed E-state index contributed by atoms with van der Waals surface area (Å²) in [5.41, 5.74) is 4.59. The minimum atomic E-state index is -3.63. The smallest absolute Gasteiger partial charge is 0.283 e. The first-order valence-corrected chi connectivity index (χ1v) is 9.98. The van der Waals surface area contributed by atoms with Gasteiger partial charge < -0.3 is 15.6 Å². The molecule has 4 aromatic rings. The van der Waals surface area contributed by atoms with Crippen LogP contribution in [0.4, 0.5) is 23.5 Å². The highest BCUT2D eigenvalue weighted by Crippen LogP contribution is 2.40. The zero-order chi connectivity index (χ0) is 23.8. The normalized spacial score (nSPS) is 13.8. The Morgan fingerprint density at radius 3 is 2.45 bits per heavy atom. The van der Waals surface area contributed by atoms with E-state index in [0.717, 1.165) is 31.2 Å². The Hall–Kier alpha value is -3.66. The fraction of sp³-hybridized carbons (Fsp3) is 0.217. The highest BCUT2D eigenvalue weighted by Gasteiger charge is 2.49. The topological polar surface area (TPSA) is 85.7 Å². The lowest BCUT2D eigenvalue weighted by Gasteiger charge is -2.33. The molecule has 3 N–H and O–H groups in total. The van der Waals surface area contributed by atoms with Crippen molar-refractivity contribution in [1.29, 1.82) is 0 Å². The SMILES string of the molecule is CC(O)(c1ccc(F)cc1)C(F)(F)CCOc1cc(-c2ccn3nc(N)nc3c2)ccc1F. The predicted octanol–water partition coefficient (Wildman–Crippen LogP) is 4.57. The van der Waals surface area contributed by atoms with Crippen molar-refractivity contribution in [3.63, 3.8) is 0 Å². The molecule has 0 aliphatic rings. The van der Waals surface area contributed by atoms with Gasteiger partial charge in [0.2, 0.25) is 5.95 Å². The number of fused-ring (bicyclic) bond motifs is 1. The molecule has 0 spiro atoms. The Morgan fingerprint density at radius 1 is 1.03 bits per heavy atom. The van der Waals surface area contributed by atoms with E-state index in [4.69, 9.17) is 10.5 Å². The van der Waals surface area contributed by atoms with Crippen molar-refractivity contribution in [2.75, 3.05) is 12.3 Å². The van der Waals surface area contributed by atoms with Gasteiger partial charge in [0.15, 0.2) is 22.8 Å². The molecule has 0 fully saturated rings. The van der Waals surface area contributed by atoms with E-state index in [2.05, 4.69) is 10.1 Å². The van der Waals surface area contributed by atoms with Gasteiger partial charge in [0, 0.05) is 12.6 Å². The second kappa shape index (κ2) is 8.36. The Labute approximate surface area is 186 Å². The second-order valence-electron chi connectivity index (χ2n) is 7.72. The molecule has 2 heterocycles. The van der Waals surface area contributed by atoms with Crippen LogP contribution < -0.4 is 10.5 Å². The third kappa shape index (κ3) is 4.47. The maximum Gasteiger partial charge on any atom is 0.283 e. The van der Waals surface area contributed by atoms with Gasteiger partial charge in [-0.15, -0.1) is 5.10 Å². The fourth-order valence-corrected chi connectivity index (χ4v) is 3.39. The number of rotatable bonds is 7. The molecule has 0 aliphatic carbocycles. The fourth-order valence-electron chi connectivity index (χ4n) is 3.39. The Balaban J connectivity index is 1.49. The summed E-state index contributed by atoms with van der Waals surface area (Å²) in [6, 6.07) is 11.6. The summed E-state index contributed by atoms with van der Waals surface area (Å²) in [6.45, 7) is 0.374. The summed E-state index contributed by atoms with van der Waals surface area (Å²) < 4.78 is 63.6. The van der Waals surface area contributed by atoms with Gasteiger partial charge in [0.25, 0.3) is 5.92 Å². The third-order valence-electron chi connectivity index (χ3n) is 5.41. The van der Waals surface area contributed by atoms with Crippen molar-refractivity contribution < 1.29 is 27.4 Å². The van der Waals surface area contributed by atoms with Crippen LogP contribution in [-0.4, -0.2) is 32.2 Å². The molecule has 0 saturated heterocycles. The zero-order valence-electron chi connectivity index (χ0n) is 17.5. The van der Waals surface area contributed by atoms with Crippen LogP contribution in [0.1, 0.15) is 18.9 Å². The number of anilines is 1. The highest BCUT2D eigenvalue weighted by molar-refractivity contribution is 5.68. The first kappa shape index (κ1) is 22.5. The summed E-state index contributed by atoms with van der Waals surface area (Å²) in [5.74, 6) is -5.07. The molecule has 33 heavy (non-hydrogen) atoms. The van der Waals surface area contributed by atoms with Crippen LogP contribution in [0.3, 0.4) is 0 Å². The van der Waals surface area contributed by atoms with Crippen LogP contribution in [0.25, 0.3) is 16.8 Å².